The van der Waals surface area contributed by atoms with Crippen molar-refractivity contribution in [3.63, 3.8) is 0 Å². The van der Waals surface area contributed by atoms with Crippen LogP contribution in [0.4, 0.5) is 0 Å². The van der Waals surface area contributed by atoms with E-state index in [-0.39, 0.29) is 17.9 Å². The van der Waals surface area contributed by atoms with Gasteiger partial charge < -0.3 is 10.2 Å². The van der Waals surface area contributed by atoms with Crippen LogP contribution in [-0.2, 0) is 9.59 Å². The molecule has 2 saturated carbocycles. The number of amides is 2. The van der Waals surface area contributed by atoms with Crippen LogP contribution in [0.15, 0.2) is 0 Å². The highest BCUT2D eigenvalue weighted by Gasteiger charge is 2.42. The topological polar surface area (TPSA) is 49.4 Å². The second-order valence-corrected chi connectivity index (χ2v) is 5.57. The van der Waals surface area contributed by atoms with Gasteiger partial charge in [0.25, 0.3) is 0 Å². The van der Waals surface area contributed by atoms with Crippen LogP contribution in [0.2, 0.25) is 0 Å². The first-order valence-electron chi connectivity index (χ1n) is 6.87. The quantitative estimate of drug-likeness (QED) is 0.800. The Morgan fingerprint density at radius 1 is 1.06 bits per heavy atom. The summed E-state index contributed by atoms with van der Waals surface area (Å²) in [5.41, 5.74) is 0. The van der Waals surface area contributed by atoms with Crippen molar-refractivity contribution in [2.45, 2.75) is 69.5 Å². The lowest BCUT2D eigenvalue weighted by Gasteiger charge is -2.31. The van der Waals surface area contributed by atoms with Crippen molar-refractivity contribution >= 4 is 11.8 Å². The highest BCUT2D eigenvalue weighted by molar-refractivity contribution is 5.91. The van der Waals surface area contributed by atoms with Gasteiger partial charge in [-0.2, -0.15) is 0 Å². The van der Waals surface area contributed by atoms with E-state index in [2.05, 4.69) is 10.2 Å². The summed E-state index contributed by atoms with van der Waals surface area (Å²) in [4.78, 5) is 25.8. The van der Waals surface area contributed by atoms with Crippen molar-refractivity contribution < 1.29 is 9.59 Å². The van der Waals surface area contributed by atoms with Crippen LogP contribution < -0.4 is 5.32 Å². The molecule has 0 radical (unpaired) electrons. The molecule has 2 amide bonds. The molecule has 3 rings (SSSR count). The van der Waals surface area contributed by atoms with Gasteiger partial charge in [-0.3, -0.25) is 9.59 Å². The number of hydrogen-bond acceptors (Lipinski definition) is 2. The first-order chi connectivity index (χ1) is 8.25. The second kappa shape index (κ2) is 4.31. The van der Waals surface area contributed by atoms with Gasteiger partial charge in [0.2, 0.25) is 11.8 Å². The molecular formula is C13H20N2O2. The van der Waals surface area contributed by atoms with Gasteiger partial charge in [-0.05, 0) is 32.1 Å². The standard InChI is InChI=1S/C13H20N2O2/c16-12-8-7-11(14-12)13(17)15(10-5-6-10)9-3-1-2-4-9/h9-11H,1-8H2,(H,14,16)/t11-/m1/s1. The van der Waals surface area contributed by atoms with Crippen LogP contribution in [0.1, 0.15) is 51.4 Å². The summed E-state index contributed by atoms with van der Waals surface area (Å²) in [6.07, 6.45) is 8.32. The lowest BCUT2D eigenvalue weighted by molar-refractivity contribution is -0.137. The molecule has 94 valence electrons. The van der Waals surface area contributed by atoms with E-state index < -0.39 is 0 Å². The van der Waals surface area contributed by atoms with Crippen LogP contribution in [0.25, 0.3) is 0 Å². The molecule has 2 aliphatic carbocycles. The fourth-order valence-corrected chi connectivity index (χ4v) is 3.17. The van der Waals surface area contributed by atoms with Crippen molar-refractivity contribution in [3.05, 3.63) is 0 Å². The van der Waals surface area contributed by atoms with E-state index >= 15 is 0 Å². The van der Waals surface area contributed by atoms with Gasteiger partial charge in [-0.1, -0.05) is 12.8 Å². The van der Waals surface area contributed by atoms with Gasteiger partial charge in [0.1, 0.15) is 6.04 Å². The minimum absolute atomic E-state index is 0.0329. The number of rotatable bonds is 3. The van der Waals surface area contributed by atoms with Gasteiger partial charge in [0.05, 0.1) is 0 Å². The summed E-state index contributed by atoms with van der Waals surface area (Å²) >= 11 is 0. The number of nitrogens with one attached hydrogen (secondary N) is 1. The zero-order valence-corrected chi connectivity index (χ0v) is 10.2. The summed E-state index contributed by atoms with van der Waals surface area (Å²) in [5.74, 6) is 0.218. The molecule has 1 N–H and O–H groups in total. The molecule has 0 aromatic carbocycles. The van der Waals surface area contributed by atoms with Crippen molar-refractivity contribution in [2.75, 3.05) is 0 Å². The molecule has 1 saturated heterocycles. The highest BCUT2D eigenvalue weighted by Crippen LogP contribution is 2.35. The monoisotopic (exact) mass is 236 g/mol. The first-order valence-corrected chi connectivity index (χ1v) is 6.87. The normalized spacial score (nSPS) is 29.4. The van der Waals surface area contributed by atoms with Gasteiger partial charge >= 0.3 is 0 Å². The highest BCUT2D eigenvalue weighted by atomic mass is 16.2. The molecule has 0 spiro atoms. The summed E-state index contributed by atoms with van der Waals surface area (Å²) < 4.78 is 0. The molecule has 0 aromatic heterocycles. The van der Waals surface area contributed by atoms with E-state index in [0.717, 1.165) is 25.7 Å². The maximum absolute atomic E-state index is 12.5. The molecule has 0 unspecified atom stereocenters. The Kier molecular flexibility index (Phi) is 2.81. The molecule has 1 heterocycles. The molecule has 0 bridgehead atoms. The molecule has 3 aliphatic rings. The fourth-order valence-electron chi connectivity index (χ4n) is 3.17. The lowest BCUT2D eigenvalue weighted by Crippen LogP contribution is -2.49. The summed E-state index contributed by atoms with van der Waals surface area (Å²) in [5, 5.41) is 2.81. The molecule has 3 fully saturated rings. The van der Waals surface area contributed by atoms with E-state index in [1.165, 1.54) is 12.8 Å². The third kappa shape index (κ3) is 2.17. The van der Waals surface area contributed by atoms with Gasteiger partial charge in [0.15, 0.2) is 0 Å². The van der Waals surface area contributed by atoms with Crippen molar-refractivity contribution in [2.24, 2.45) is 0 Å². The van der Waals surface area contributed by atoms with Crippen LogP contribution in [0, 0.1) is 0 Å². The maximum Gasteiger partial charge on any atom is 0.245 e. The van der Waals surface area contributed by atoms with E-state index in [1.54, 1.807) is 0 Å². The fraction of sp³-hybridized carbons (Fsp3) is 0.846. The van der Waals surface area contributed by atoms with E-state index in [0.29, 0.717) is 24.9 Å². The Balaban J connectivity index is 1.69. The first kappa shape index (κ1) is 11.1. The predicted octanol–water partition coefficient (Wildman–Crippen LogP) is 1.20. The Bertz CT molecular complexity index is 332. The van der Waals surface area contributed by atoms with E-state index in [9.17, 15) is 9.59 Å². The average molecular weight is 236 g/mol. The molecule has 1 aliphatic heterocycles. The number of hydrogen-bond donors (Lipinski definition) is 1. The van der Waals surface area contributed by atoms with Crippen molar-refractivity contribution in [1.82, 2.24) is 10.2 Å². The minimum atomic E-state index is -0.233. The van der Waals surface area contributed by atoms with Gasteiger partial charge in [-0.25, -0.2) is 0 Å². The molecule has 0 aromatic rings. The third-order valence-electron chi connectivity index (χ3n) is 4.21. The molecule has 17 heavy (non-hydrogen) atoms. The van der Waals surface area contributed by atoms with Crippen LogP contribution >= 0.6 is 0 Å². The molecule has 4 heteroatoms. The third-order valence-corrected chi connectivity index (χ3v) is 4.21. The maximum atomic E-state index is 12.5. The van der Waals surface area contributed by atoms with E-state index in [1.807, 2.05) is 0 Å². The number of carbonyl (C=O) groups is 2. The van der Waals surface area contributed by atoms with E-state index in [4.69, 9.17) is 0 Å². The average Bonchev–Trinajstić information content (AvgIpc) is 2.82. The van der Waals surface area contributed by atoms with Crippen LogP contribution in [0.5, 0.6) is 0 Å². The smallest absolute Gasteiger partial charge is 0.245 e. The minimum Gasteiger partial charge on any atom is -0.344 e. The molecular weight excluding hydrogens is 216 g/mol. The number of carbonyl (C=O) groups excluding carboxylic acids is 2. The van der Waals surface area contributed by atoms with Crippen LogP contribution in [-0.4, -0.2) is 34.8 Å². The van der Waals surface area contributed by atoms with Crippen LogP contribution in [0.3, 0.4) is 0 Å². The largest absolute Gasteiger partial charge is 0.344 e. The Morgan fingerprint density at radius 2 is 1.71 bits per heavy atom. The SMILES string of the molecule is O=C1CC[C@H](C(=O)N(C2CCCC2)C2CC2)N1. The second-order valence-electron chi connectivity index (χ2n) is 5.57. The Labute approximate surface area is 102 Å². The Morgan fingerprint density at radius 3 is 2.24 bits per heavy atom. The zero-order valence-electron chi connectivity index (χ0n) is 10.2. The van der Waals surface area contributed by atoms with Gasteiger partial charge in [0, 0.05) is 18.5 Å². The van der Waals surface area contributed by atoms with Gasteiger partial charge in [-0.15, -0.1) is 0 Å². The molecule has 1 atom stereocenters. The predicted molar refractivity (Wildman–Crippen MR) is 63.3 cm³/mol. The molecule has 4 nitrogen and oxygen atoms in total. The summed E-state index contributed by atoms with van der Waals surface area (Å²) in [7, 11) is 0. The van der Waals surface area contributed by atoms with Crippen molar-refractivity contribution in [1.29, 1.82) is 0 Å². The van der Waals surface area contributed by atoms with Crippen molar-refractivity contribution in [3.8, 4) is 0 Å². The summed E-state index contributed by atoms with van der Waals surface area (Å²) in [6.45, 7) is 0. The lowest BCUT2D eigenvalue weighted by atomic mass is 10.1. The number of nitrogens with zero attached hydrogens (tertiary/aromatic N) is 1. The summed E-state index contributed by atoms with van der Waals surface area (Å²) in [6, 6.07) is 0.694. The zero-order chi connectivity index (χ0) is 11.8. The Hall–Kier alpha value is -1.06.